The van der Waals surface area contributed by atoms with Crippen molar-refractivity contribution in [2.75, 3.05) is 19.8 Å². The molecule has 0 aliphatic rings. The van der Waals surface area contributed by atoms with Crippen molar-refractivity contribution in [3.05, 3.63) is 85.1 Å². The molecule has 0 spiro atoms. The van der Waals surface area contributed by atoms with E-state index in [1.54, 1.807) is 12.2 Å². The van der Waals surface area contributed by atoms with Gasteiger partial charge in [0.1, 0.15) is 12.6 Å². The molecule has 0 rings (SSSR count). The molecule has 0 bridgehead atoms. The Bertz CT molecular complexity index is 1350. The lowest BCUT2D eigenvalue weighted by Gasteiger charge is -2.20. The molecule has 13 heteroatoms. The highest BCUT2D eigenvalue weighted by Crippen LogP contribution is 2.43. The Morgan fingerprint density at radius 3 is 1.68 bits per heavy atom. The summed E-state index contributed by atoms with van der Waals surface area (Å²) in [6.45, 7) is 2.47. The molecule has 0 radical (unpaired) electrons. The van der Waals surface area contributed by atoms with Crippen molar-refractivity contribution in [2.24, 2.45) is 5.73 Å². The lowest BCUT2D eigenvalue weighted by atomic mass is 10.1. The molecule has 0 saturated heterocycles. The largest absolute Gasteiger partial charge is 0.480 e. The highest BCUT2D eigenvalue weighted by Gasteiger charge is 2.28. The predicted octanol–water partition coefficient (Wildman–Crippen LogP) is 9.90. The first-order valence-electron chi connectivity index (χ1n) is 20.6. The molecule has 0 heterocycles. The molecule has 0 aromatic carbocycles. The van der Waals surface area contributed by atoms with Crippen LogP contribution in [0.4, 0.5) is 0 Å². The molecule has 12 nitrogen and oxygen atoms in total. The van der Waals surface area contributed by atoms with Crippen molar-refractivity contribution in [1.82, 2.24) is 0 Å². The van der Waals surface area contributed by atoms with E-state index >= 15 is 0 Å². The first-order valence-corrected chi connectivity index (χ1v) is 22.1. The van der Waals surface area contributed by atoms with E-state index in [-0.39, 0.29) is 18.6 Å². The van der Waals surface area contributed by atoms with E-state index in [1.165, 1.54) is 19.3 Å². The van der Waals surface area contributed by atoms with Crippen LogP contribution in [-0.4, -0.2) is 65.7 Å². The summed E-state index contributed by atoms with van der Waals surface area (Å²) in [7, 11) is -4.75. The Balaban J connectivity index is 4.62. The van der Waals surface area contributed by atoms with Gasteiger partial charge in [-0.15, -0.1) is 0 Å². The van der Waals surface area contributed by atoms with Crippen molar-refractivity contribution >= 4 is 31.5 Å². The van der Waals surface area contributed by atoms with E-state index < -0.39 is 57.7 Å². The number of carboxylic acids is 1. The van der Waals surface area contributed by atoms with Gasteiger partial charge in [0.25, 0.3) is 0 Å². The molecule has 3 atom stereocenters. The normalized spacial score (nSPS) is 14.5. The van der Waals surface area contributed by atoms with Crippen LogP contribution in [0.5, 0.6) is 0 Å². The number of carbonyl (C=O) groups excluding carboxylic acids is 3. The minimum atomic E-state index is -4.75. The van der Waals surface area contributed by atoms with E-state index in [9.17, 15) is 28.6 Å². The van der Waals surface area contributed by atoms with Crippen LogP contribution in [0.2, 0.25) is 0 Å². The zero-order valence-electron chi connectivity index (χ0n) is 34.4. The second-order valence-corrected chi connectivity index (χ2v) is 14.9. The number of allylic oxidation sites excluding steroid dienone is 14. The van der Waals surface area contributed by atoms with Crippen LogP contribution < -0.4 is 5.73 Å². The topological polar surface area (TPSA) is 189 Å². The summed E-state index contributed by atoms with van der Waals surface area (Å²) in [6, 6.07) is -1.55. The number of carbonyl (C=O) groups is 4. The maximum Gasteiger partial charge on any atom is 0.472 e. The zero-order valence-corrected chi connectivity index (χ0v) is 35.3. The summed E-state index contributed by atoms with van der Waals surface area (Å²) in [4.78, 5) is 57.5. The molecular formula is C44H70NO11P. The van der Waals surface area contributed by atoms with Crippen LogP contribution in [0.25, 0.3) is 0 Å². The number of carboxylic acid groups (broad SMARTS) is 1. The summed E-state index contributed by atoms with van der Waals surface area (Å²) < 4.78 is 32.5. The number of phosphoric acid groups is 1. The standard InChI is InChI=1S/C44H70NO11P/c1-3-5-7-8-9-10-11-12-13-14-17-21-24-27-31-35-43(48)56-40(37-54-57(51,52)55-38-41(45)44(49)50)36-53-42(47)34-30-26-23-20-18-15-16-19-22-25-29-33-39(46)32-28-6-4-2/h9-10,12-13,15-17,20-23,25,29,33,40-41H,3-8,11,14,18-19,24,26-28,30-32,34-38,45H2,1-2H3,(H,49,50)(H,51,52)/b10-9-,13-12-,16-15-,21-17-,23-20-,25-22-,33-29+/t40-,41+/m1/s1. The van der Waals surface area contributed by atoms with Crippen LogP contribution in [0.3, 0.4) is 0 Å². The van der Waals surface area contributed by atoms with E-state index in [2.05, 4.69) is 54.8 Å². The van der Waals surface area contributed by atoms with E-state index in [0.717, 1.165) is 64.2 Å². The molecule has 0 amide bonds. The van der Waals surface area contributed by atoms with Gasteiger partial charge in [-0.2, -0.15) is 0 Å². The van der Waals surface area contributed by atoms with E-state index in [4.69, 9.17) is 24.8 Å². The Kier molecular flexibility index (Phi) is 35.4. The van der Waals surface area contributed by atoms with Gasteiger partial charge in [-0.25, -0.2) is 4.57 Å². The van der Waals surface area contributed by atoms with Crippen LogP contribution in [0.1, 0.15) is 136 Å². The zero-order chi connectivity index (χ0) is 42.2. The Morgan fingerprint density at radius 1 is 0.596 bits per heavy atom. The second kappa shape index (κ2) is 37.9. The van der Waals surface area contributed by atoms with Crippen molar-refractivity contribution in [2.45, 2.75) is 148 Å². The lowest BCUT2D eigenvalue weighted by molar-refractivity contribution is -0.161. The minimum Gasteiger partial charge on any atom is -0.480 e. The SMILES string of the molecule is CCCCC/C=C\C/C=C\C/C=C\CCCCC(=O)O[C@H](COC(=O)CCC/C=C\C/C=C\C/C=C\C=C\C(=O)CCCCC)COP(=O)(O)OC[C@H](N)C(=O)O. The summed E-state index contributed by atoms with van der Waals surface area (Å²) in [5.41, 5.74) is 5.31. The molecule has 57 heavy (non-hydrogen) atoms. The number of ketones is 1. The Labute approximate surface area is 341 Å². The van der Waals surface area contributed by atoms with Gasteiger partial charge in [0.05, 0.1) is 13.2 Å². The summed E-state index contributed by atoms with van der Waals surface area (Å²) in [6.07, 6.45) is 42.2. The van der Waals surface area contributed by atoms with Crippen LogP contribution in [0.15, 0.2) is 85.1 Å². The molecule has 4 N–H and O–H groups in total. The number of unbranched alkanes of at least 4 members (excludes halogenated alkanes) is 8. The molecule has 0 aromatic heterocycles. The van der Waals surface area contributed by atoms with Crippen molar-refractivity contribution in [3.8, 4) is 0 Å². The summed E-state index contributed by atoms with van der Waals surface area (Å²) in [5.74, 6) is -2.41. The number of phosphoric ester groups is 1. The van der Waals surface area contributed by atoms with Gasteiger partial charge < -0.3 is 25.2 Å². The Hall–Kier alpha value is -3.67. The van der Waals surface area contributed by atoms with Crippen LogP contribution >= 0.6 is 7.82 Å². The number of hydrogen-bond acceptors (Lipinski definition) is 10. The number of ether oxygens (including phenoxy) is 2. The van der Waals surface area contributed by atoms with Gasteiger partial charge in [0.15, 0.2) is 11.9 Å². The van der Waals surface area contributed by atoms with E-state index in [0.29, 0.717) is 25.7 Å². The molecule has 0 aliphatic carbocycles. The van der Waals surface area contributed by atoms with Crippen LogP contribution in [0, 0.1) is 0 Å². The smallest absolute Gasteiger partial charge is 0.472 e. The highest BCUT2D eigenvalue weighted by atomic mass is 31.2. The first kappa shape index (κ1) is 53.3. The monoisotopic (exact) mass is 819 g/mol. The molecule has 0 aliphatic heterocycles. The molecule has 0 saturated carbocycles. The number of hydrogen-bond donors (Lipinski definition) is 3. The fourth-order valence-electron chi connectivity index (χ4n) is 4.78. The Morgan fingerprint density at radius 2 is 1.09 bits per heavy atom. The van der Waals surface area contributed by atoms with Gasteiger partial charge >= 0.3 is 25.7 Å². The van der Waals surface area contributed by atoms with Crippen molar-refractivity contribution < 1.29 is 52.3 Å². The third-order valence-electron chi connectivity index (χ3n) is 8.09. The summed E-state index contributed by atoms with van der Waals surface area (Å²) >= 11 is 0. The third-order valence-corrected chi connectivity index (χ3v) is 9.04. The van der Waals surface area contributed by atoms with Crippen molar-refractivity contribution in [3.63, 3.8) is 0 Å². The van der Waals surface area contributed by atoms with Gasteiger partial charge in [0, 0.05) is 19.3 Å². The van der Waals surface area contributed by atoms with Gasteiger partial charge in [0.2, 0.25) is 0 Å². The maximum absolute atomic E-state index is 12.6. The molecule has 0 fully saturated rings. The van der Waals surface area contributed by atoms with Gasteiger partial charge in [-0.1, -0.05) is 119 Å². The third kappa shape index (κ3) is 37.7. The quantitative estimate of drug-likeness (QED) is 0.0135. The average molecular weight is 820 g/mol. The maximum atomic E-state index is 12.6. The number of rotatable bonds is 37. The van der Waals surface area contributed by atoms with Gasteiger partial charge in [-0.05, 0) is 83.1 Å². The number of aliphatic carboxylic acids is 1. The molecule has 322 valence electrons. The average Bonchev–Trinajstić information content (AvgIpc) is 3.18. The fraction of sp³-hybridized carbons (Fsp3) is 0.591. The lowest BCUT2D eigenvalue weighted by Crippen LogP contribution is -2.34. The predicted molar refractivity (Wildman–Crippen MR) is 226 cm³/mol. The highest BCUT2D eigenvalue weighted by molar-refractivity contribution is 7.47. The van der Waals surface area contributed by atoms with Gasteiger partial charge in [-0.3, -0.25) is 28.2 Å². The molecule has 1 unspecified atom stereocenters. The minimum absolute atomic E-state index is 0.0838. The fourth-order valence-corrected chi connectivity index (χ4v) is 5.56. The summed E-state index contributed by atoms with van der Waals surface area (Å²) in [5, 5.41) is 8.87. The van der Waals surface area contributed by atoms with Crippen LogP contribution in [-0.2, 0) is 42.3 Å². The number of nitrogens with two attached hydrogens (primary N) is 1. The second-order valence-electron chi connectivity index (χ2n) is 13.4. The molecular weight excluding hydrogens is 749 g/mol. The number of esters is 2. The van der Waals surface area contributed by atoms with E-state index in [1.807, 2.05) is 36.5 Å². The van der Waals surface area contributed by atoms with Crippen molar-refractivity contribution in [1.29, 1.82) is 0 Å². The first-order chi connectivity index (χ1) is 27.5. The molecule has 0 aromatic rings.